The molecule has 6 heteroatoms. The summed E-state index contributed by atoms with van der Waals surface area (Å²) in [4.78, 5) is 25.8. The van der Waals surface area contributed by atoms with Crippen molar-refractivity contribution >= 4 is 16.6 Å². The quantitative estimate of drug-likeness (QED) is 0.705. The lowest BCUT2D eigenvalue weighted by atomic mass is 9.94. The first kappa shape index (κ1) is 18.4. The Labute approximate surface area is 155 Å². The van der Waals surface area contributed by atoms with E-state index in [-0.39, 0.29) is 29.8 Å². The van der Waals surface area contributed by atoms with Crippen LogP contribution in [0.5, 0.6) is 5.88 Å². The largest absolute Gasteiger partial charge is 0.494 e. The van der Waals surface area contributed by atoms with Gasteiger partial charge in [0.1, 0.15) is 11.6 Å². The van der Waals surface area contributed by atoms with Gasteiger partial charge in [-0.3, -0.25) is 14.2 Å². The van der Waals surface area contributed by atoms with E-state index in [0.717, 1.165) is 15.3 Å². The molecule has 0 saturated carbocycles. The summed E-state index contributed by atoms with van der Waals surface area (Å²) >= 11 is 0. The zero-order valence-corrected chi connectivity index (χ0v) is 15.0. The maximum Gasteiger partial charge on any atom is 0.271 e. The number of aromatic nitrogens is 1. The van der Waals surface area contributed by atoms with Crippen molar-refractivity contribution in [2.45, 2.75) is 13.5 Å². The summed E-state index contributed by atoms with van der Waals surface area (Å²) in [7, 11) is 1.46. The molecule has 6 nitrogen and oxygen atoms in total. The summed E-state index contributed by atoms with van der Waals surface area (Å²) in [5, 5.41) is 21.7. The van der Waals surface area contributed by atoms with E-state index in [1.807, 2.05) is 36.4 Å². The summed E-state index contributed by atoms with van der Waals surface area (Å²) in [6, 6.07) is 14.6. The van der Waals surface area contributed by atoms with Crippen molar-refractivity contribution in [2.75, 3.05) is 13.7 Å². The highest BCUT2D eigenvalue weighted by Crippen LogP contribution is 2.28. The van der Waals surface area contributed by atoms with Gasteiger partial charge in [0.05, 0.1) is 18.7 Å². The Hall–Kier alpha value is -3.43. The molecule has 0 bridgehead atoms. The predicted octanol–water partition coefficient (Wildman–Crippen LogP) is 2.76. The third kappa shape index (κ3) is 3.09. The second-order valence-electron chi connectivity index (χ2n) is 6.12. The molecular weight excluding hydrogens is 344 g/mol. The molecule has 1 heterocycles. The van der Waals surface area contributed by atoms with Crippen molar-refractivity contribution in [2.24, 2.45) is 0 Å². The highest BCUT2D eigenvalue weighted by atomic mass is 16.5. The van der Waals surface area contributed by atoms with Crippen molar-refractivity contribution in [1.82, 2.24) is 4.57 Å². The minimum absolute atomic E-state index is 0.0337. The van der Waals surface area contributed by atoms with Crippen LogP contribution in [0.3, 0.4) is 0 Å². The number of hydrogen-bond donors (Lipinski definition) is 1. The molecule has 0 fully saturated rings. The van der Waals surface area contributed by atoms with Crippen LogP contribution in [0, 0.1) is 18.3 Å². The van der Waals surface area contributed by atoms with Crippen LogP contribution >= 0.6 is 0 Å². The Morgan fingerprint density at radius 1 is 1.22 bits per heavy atom. The van der Waals surface area contributed by atoms with E-state index in [2.05, 4.69) is 0 Å². The normalized spacial score (nSPS) is 10.7. The SMILES string of the molecule is COCCn1c(O)c(C(=O)c2cccc3ccccc23)c(C)c(C#N)c1=O. The first-order chi connectivity index (χ1) is 13.0. The van der Waals surface area contributed by atoms with Gasteiger partial charge in [-0.25, -0.2) is 0 Å². The van der Waals surface area contributed by atoms with Crippen LogP contribution in [0.25, 0.3) is 10.8 Å². The number of fused-ring (bicyclic) bond motifs is 1. The van der Waals surface area contributed by atoms with E-state index in [1.54, 1.807) is 12.1 Å². The van der Waals surface area contributed by atoms with E-state index >= 15 is 0 Å². The lowest BCUT2D eigenvalue weighted by Gasteiger charge is -2.16. The van der Waals surface area contributed by atoms with Gasteiger partial charge >= 0.3 is 0 Å². The summed E-state index contributed by atoms with van der Waals surface area (Å²) in [6.07, 6.45) is 0. The third-order valence-electron chi connectivity index (χ3n) is 4.58. The summed E-state index contributed by atoms with van der Waals surface area (Å²) in [5.74, 6) is -0.893. The van der Waals surface area contributed by atoms with E-state index in [0.29, 0.717) is 5.56 Å². The number of hydrogen-bond acceptors (Lipinski definition) is 5. The van der Waals surface area contributed by atoms with Crippen molar-refractivity contribution < 1.29 is 14.6 Å². The van der Waals surface area contributed by atoms with Gasteiger partial charge in [-0.2, -0.15) is 5.26 Å². The van der Waals surface area contributed by atoms with Gasteiger partial charge in [0.2, 0.25) is 5.88 Å². The number of carbonyl (C=O) groups is 1. The molecular formula is C21H18N2O4. The maximum absolute atomic E-state index is 13.3. The van der Waals surface area contributed by atoms with E-state index in [1.165, 1.54) is 14.0 Å². The highest BCUT2D eigenvalue weighted by molar-refractivity contribution is 6.18. The number of carbonyl (C=O) groups excluding carboxylic acids is 1. The van der Waals surface area contributed by atoms with Crippen LogP contribution in [0.1, 0.15) is 27.0 Å². The fourth-order valence-electron chi connectivity index (χ4n) is 3.17. The van der Waals surface area contributed by atoms with Crippen LogP contribution < -0.4 is 5.56 Å². The summed E-state index contributed by atoms with van der Waals surface area (Å²) in [6.45, 7) is 1.69. The van der Waals surface area contributed by atoms with Gasteiger partial charge in [-0.15, -0.1) is 0 Å². The predicted molar refractivity (Wildman–Crippen MR) is 101 cm³/mol. The number of ether oxygens (including phenoxy) is 1. The van der Waals surface area contributed by atoms with E-state index in [4.69, 9.17) is 4.74 Å². The van der Waals surface area contributed by atoms with Crippen LogP contribution in [-0.2, 0) is 11.3 Å². The highest BCUT2D eigenvalue weighted by Gasteiger charge is 2.25. The van der Waals surface area contributed by atoms with Gasteiger partial charge in [-0.1, -0.05) is 42.5 Å². The maximum atomic E-state index is 13.3. The van der Waals surface area contributed by atoms with Crippen molar-refractivity contribution in [3.8, 4) is 11.9 Å². The molecule has 0 amide bonds. The fourth-order valence-corrected chi connectivity index (χ4v) is 3.17. The Kier molecular flexibility index (Phi) is 5.06. The molecule has 0 unspecified atom stereocenters. The van der Waals surface area contributed by atoms with E-state index < -0.39 is 17.2 Å². The third-order valence-corrected chi connectivity index (χ3v) is 4.58. The molecule has 1 N–H and O–H groups in total. The summed E-state index contributed by atoms with van der Waals surface area (Å²) < 4.78 is 5.97. The monoisotopic (exact) mass is 362 g/mol. The number of benzene rings is 2. The van der Waals surface area contributed by atoms with Gasteiger partial charge in [-0.05, 0) is 23.3 Å². The number of nitrogens with zero attached hydrogens (tertiary/aromatic N) is 2. The fraction of sp³-hybridized carbons (Fsp3) is 0.190. The number of methoxy groups -OCH3 is 1. The molecule has 0 atom stereocenters. The van der Waals surface area contributed by atoms with Gasteiger partial charge in [0, 0.05) is 12.7 Å². The van der Waals surface area contributed by atoms with Crippen molar-refractivity contribution in [3.63, 3.8) is 0 Å². The number of aromatic hydroxyl groups is 1. The number of rotatable bonds is 5. The van der Waals surface area contributed by atoms with Crippen LogP contribution in [0.4, 0.5) is 0 Å². The average Bonchev–Trinajstić information content (AvgIpc) is 2.67. The lowest BCUT2D eigenvalue weighted by Crippen LogP contribution is -2.28. The molecule has 3 aromatic rings. The van der Waals surface area contributed by atoms with Crippen LogP contribution in [0.15, 0.2) is 47.3 Å². The second kappa shape index (κ2) is 7.44. The Bertz CT molecular complexity index is 1130. The Morgan fingerprint density at radius 3 is 2.63 bits per heavy atom. The molecule has 27 heavy (non-hydrogen) atoms. The van der Waals surface area contributed by atoms with Gasteiger partial charge in [0.15, 0.2) is 5.78 Å². The first-order valence-corrected chi connectivity index (χ1v) is 8.39. The van der Waals surface area contributed by atoms with Crippen molar-refractivity contribution in [1.29, 1.82) is 5.26 Å². The number of nitriles is 1. The molecule has 0 spiro atoms. The molecule has 2 aromatic carbocycles. The first-order valence-electron chi connectivity index (χ1n) is 8.39. The molecule has 0 aliphatic heterocycles. The minimum atomic E-state index is -0.640. The van der Waals surface area contributed by atoms with Gasteiger partial charge < -0.3 is 9.84 Å². The summed E-state index contributed by atoms with van der Waals surface area (Å²) in [5.41, 5.74) is -0.274. The van der Waals surface area contributed by atoms with Crippen molar-refractivity contribution in [3.05, 3.63) is 75.1 Å². The average molecular weight is 362 g/mol. The minimum Gasteiger partial charge on any atom is -0.494 e. The van der Waals surface area contributed by atoms with Crippen LogP contribution in [0.2, 0.25) is 0 Å². The standard InChI is InChI=1S/C21H18N2O4/c1-13-17(12-22)20(25)23(10-11-27-2)21(26)18(13)19(24)16-9-5-7-14-6-3-4-8-15(14)16/h3-9,26H,10-11H2,1-2H3. The van der Waals surface area contributed by atoms with Crippen LogP contribution in [-0.4, -0.2) is 29.2 Å². The molecule has 3 rings (SSSR count). The smallest absolute Gasteiger partial charge is 0.271 e. The topological polar surface area (TPSA) is 92.3 Å². The second-order valence-corrected chi connectivity index (χ2v) is 6.12. The Morgan fingerprint density at radius 2 is 1.93 bits per heavy atom. The molecule has 0 aliphatic rings. The molecule has 0 aliphatic carbocycles. The van der Waals surface area contributed by atoms with Gasteiger partial charge in [0.25, 0.3) is 5.56 Å². The molecule has 136 valence electrons. The Balaban J connectivity index is 2.28. The number of ketones is 1. The lowest BCUT2D eigenvalue weighted by molar-refractivity contribution is 0.103. The zero-order chi connectivity index (χ0) is 19.6. The molecule has 1 aromatic heterocycles. The van der Waals surface area contributed by atoms with E-state index in [9.17, 15) is 20.0 Å². The number of pyridine rings is 1. The molecule has 0 radical (unpaired) electrons. The molecule has 0 saturated heterocycles. The zero-order valence-electron chi connectivity index (χ0n) is 15.0.